The van der Waals surface area contributed by atoms with Crippen molar-refractivity contribution in [1.29, 1.82) is 0 Å². The zero-order valence-electron chi connectivity index (χ0n) is 18.2. The molecule has 1 fully saturated rings. The van der Waals surface area contributed by atoms with Gasteiger partial charge in [0.1, 0.15) is 0 Å². The number of likely N-dealkylation sites (N-methyl/N-ethyl adjacent to an activating group) is 2. The van der Waals surface area contributed by atoms with E-state index in [1.165, 1.54) is 6.07 Å². The largest absolute Gasteiger partial charge is 0.416 e. The first kappa shape index (κ1) is 24.7. The van der Waals surface area contributed by atoms with Crippen molar-refractivity contribution in [3.05, 3.63) is 29.8 Å². The Bertz CT molecular complexity index is 855. The van der Waals surface area contributed by atoms with Gasteiger partial charge in [-0.05, 0) is 71.7 Å². The lowest BCUT2D eigenvalue weighted by molar-refractivity contribution is -0.138. The van der Waals surface area contributed by atoms with E-state index in [2.05, 4.69) is 0 Å². The predicted molar refractivity (Wildman–Crippen MR) is 110 cm³/mol. The summed E-state index contributed by atoms with van der Waals surface area (Å²) in [6.45, 7) is 6.10. The highest BCUT2D eigenvalue weighted by atomic mass is 32.2. The summed E-state index contributed by atoms with van der Waals surface area (Å²) in [6, 6.07) is 4.01. The molecule has 0 unspecified atom stereocenters. The second-order valence-electron chi connectivity index (χ2n) is 9.04. The van der Waals surface area contributed by atoms with Gasteiger partial charge in [0.05, 0.1) is 22.3 Å². The number of halogens is 3. The minimum absolute atomic E-state index is 0.0105. The molecular formula is C21H31F3N2O3S. The molecule has 0 N–H and O–H groups in total. The number of hydrogen-bond donors (Lipinski definition) is 0. The van der Waals surface area contributed by atoms with Crippen molar-refractivity contribution in [2.45, 2.75) is 74.4 Å². The van der Waals surface area contributed by atoms with Gasteiger partial charge in [0, 0.05) is 18.6 Å². The van der Waals surface area contributed by atoms with E-state index in [4.69, 9.17) is 0 Å². The molecule has 1 aromatic rings. The van der Waals surface area contributed by atoms with Crippen LogP contribution in [0.5, 0.6) is 0 Å². The zero-order valence-corrected chi connectivity index (χ0v) is 19.0. The van der Waals surface area contributed by atoms with Crippen LogP contribution in [0.2, 0.25) is 0 Å². The summed E-state index contributed by atoms with van der Waals surface area (Å²) in [7, 11) is -0.237. The second-order valence-corrected chi connectivity index (χ2v) is 11.3. The first-order chi connectivity index (χ1) is 13.6. The molecule has 170 valence electrons. The van der Waals surface area contributed by atoms with E-state index in [9.17, 15) is 26.4 Å². The molecule has 0 bridgehead atoms. The molecule has 0 aliphatic heterocycles. The number of nitrogens with zero attached hydrogens (tertiary/aromatic N) is 2. The van der Waals surface area contributed by atoms with Crippen LogP contribution in [0.1, 0.15) is 52.0 Å². The van der Waals surface area contributed by atoms with Crippen molar-refractivity contribution in [1.82, 2.24) is 9.80 Å². The lowest BCUT2D eigenvalue weighted by atomic mass is 9.94. The number of carbonyl (C=O) groups excluding carboxylic acids is 1. The highest BCUT2D eigenvalue weighted by molar-refractivity contribution is 7.92. The maximum atomic E-state index is 12.9. The first-order valence-electron chi connectivity index (χ1n) is 10.0. The minimum atomic E-state index is -4.58. The van der Waals surface area contributed by atoms with Gasteiger partial charge < -0.3 is 4.90 Å². The van der Waals surface area contributed by atoms with Crippen molar-refractivity contribution in [2.75, 3.05) is 20.6 Å². The molecule has 0 saturated heterocycles. The van der Waals surface area contributed by atoms with Crippen molar-refractivity contribution in [3.63, 3.8) is 0 Å². The van der Waals surface area contributed by atoms with Crippen LogP contribution < -0.4 is 0 Å². The Morgan fingerprint density at radius 3 is 2.13 bits per heavy atom. The van der Waals surface area contributed by atoms with Crippen LogP contribution in [0, 0.1) is 0 Å². The smallest absolute Gasteiger partial charge is 0.340 e. The summed E-state index contributed by atoms with van der Waals surface area (Å²) in [5, 5.41) is -0.710. The molecule has 0 spiro atoms. The Labute approximate surface area is 177 Å². The van der Waals surface area contributed by atoms with Crippen LogP contribution in [-0.2, 0) is 20.8 Å². The van der Waals surface area contributed by atoms with Gasteiger partial charge in [-0.2, -0.15) is 13.2 Å². The number of alkyl halides is 3. The Hall–Kier alpha value is -1.61. The van der Waals surface area contributed by atoms with Crippen LogP contribution >= 0.6 is 0 Å². The molecule has 0 radical (unpaired) electrons. The summed E-state index contributed by atoms with van der Waals surface area (Å²) < 4.78 is 64.6. The van der Waals surface area contributed by atoms with Crippen molar-refractivity contribution >= 4 is 15.7 Å². The number of hydrogen-bond acceptors (Lipinski definition) is 4. The highest BCUT2D eigenvalue weighted by Gasteiger charge is 2.36. The average Bonchev–Trinajstić information content (AvgIpc) is 2.66. The highest BCUT2D eigenvalue weighted by Crippen LogP contribution is 2.34. The van der Waals surface area contributed by atoms with Crippen LogP contribution in [0.4, 0.5) is 13.2 Å². The van der Waals surface area contributed by atoms with Gasteiger partial charge in [0.2, 0.25) is 5.91 Å². The summed E-state index contributed by atoms with van der Waals surface area (Å²) >= 11 is 0. The molecule has 0 atom stereocenters. The van der Waals surface area contributed by atoms with Gasteiger partial charge in [-0.15, -0.1) is 0 Å². The van der Waals surface area contributed by atoms with E-state index in [0.29, 0.717) is 31.7 Å². The molecule has 1 aliphatic rings. The molecule has 1 aliphatic carbocycles. The third kappa shape index (κ3) is 5.75. The second kappa shape index (κ2) is 8.86. The fourth-order valence-electron chi connectivity index (χ4n) is 3.66. The Balaban J connectivity index is 2.02. The first-order valence-corrected chi connectivity index (χ1v) is 11.6. The van der Waals surface area contributed by atoms with Crippen LogP contribution in [0.25, 0.3) is 0 Å². The van der Waals surface area contributed by atoms with E-state index in [0.717, 1.165) is 12.1 Å². The Morgan fingerprint density at radius 1 is 1.07 bits per heavy atom. The molecule has 9 heteroatoms. The van der Waals surface area contributed by atoms with Gasteiger partial charge in [0.25, 0.3) is 0 Å². The van der Waals surface area contributed by atoms with Gasteiger partial charge in [0.15, 0.2) is 9.84 Å². The van der Waals surface area contributed by atoms with Crippen LogP contribution in [0.15, 0.2) is 29.2 Å². The van der Waals surface area contributed by atoms with Crippen LogP contribution in [0.3, 0.4) is 0 Å². The lowest BCUT2D eigenvalue weighted by Crippen LogP contribution is -2.49. The minimum Gasteiger partial charge on any atom is -0.340 e. The number of rotatable bonds is 5. The van der Waals surface area contributed by atoms with E-state index in [1.54, 1.807) is 11.9 Å². The Kier molecular flexibility index (Phi) is 7.29. The number of amides is 1. The van der Waals surface area contributed by atoms with Gasteiger partial charge >= 0.3 is 6.18 Å². The molecule has 5 nitrogen and oxygen atoms in total. The van der Waals surface area contributed by atoms with Crippen molar-refractivity contribution in [3.8, 4) is 0 Å². The van der Waals surface area contributed by atoms with E-state index in [-0.39, 0.29) is 28.9 Å². The third-order valence-corrected chi connectivity index (χ3v) is 8.22. The van der Waals surface area contributed by atoms with Gasteiger partial charge in [-0.25, -0.2) is 8.42 Å². The standard InChI is InChI=1S/C21H31F3N2O3S/c1-20(2,3)26(5)19(27)14-25(4)16-9-11-17(12-10-16)30(28,29)18-8-6-7-15(13-18)21(22,23)24/h6-8,13,16-17H,9-12,14H2,1-5H3/t16-,17-. The molecule has 0 heterocycles. The monoisotopic (exact) mass is 448 g/mol. The average molecular weight is 449 g/mol. The molecule has 1 saturated carbocycles. The molecule has 1 aromatic carbocycles. The molecule has 2 rings (SSSR count). The van der Waals surface area contributed by atoms with Crippen LogP contribution in [-0.4, -0.2) is 61.6 Å². The summed E-state index contributed by atoms with van der Waals surface area (Å²) in [6.07, 6.45) is -2.72. The number of carbonyl (C=O) groups is 1. The Morgan fingerprint density at radius 2 is 1.63 bits per heavy atom. The zero-order chi connectivity index (χ0) is 22.9. The van der Waals surface area contributed by atoms with Crippen molar-refractivity contribution < 1.29 is 26.4 Å². The molecule has 30 heavy (non-hydrogen) atoms. The number of sulfone groups is 1. The van der Waals surface area contributed by atoms with Crippen molar-refractivity contribution in [2.24, 2.45) is 0 Å². The topological polar surface area (TPSA) is 57.7 Å². The number of benzene rings is 1. The molecule has 1 amide bonds. The molecule has 0 aromatic heterocycles. The fraction of sp³-hybridized carbons (Fsp3) is 0.667. The molecular weight excluding hydrogens is 417 g/mol. The SMILES string of the molecule is CN(C(=O)CN(C)[C@H]1CC[C@H](S(=O)(=O)c2cccc(C(F)(F)F)c2)CC1)C(C)(C)C. The quantitative estimate of drug-likeness (QED) is 0.684. The fourth-order valence-corrected chi connectivity index (χ4v) is 5.50. The summed E-state index contributed by atoms with van der Waals surface area (Å²) in [4.78, 5) is 15.8. The van der Waals surface area contributed by atoms with Gasteiger partial charge in [-0.3, -0.25) is 9.69 Å². The maximum absolute atomic E-state index is 12.9. The summed E-state index contributed by atoms with van der Waals surface area (Å²) in [5.41, 5.74) is -1.24. The van der Waals surface area contributed by atoms with Gasteiger partial charge in [-0.1, -0.05) is 6.07 Å². The van der Waals surface area contributed by atoms with E-state index in [1.807, 2.05) is 32.7 Å². The third-order valence-electron chi connectivity index (χ3n) is 5.96. The predicted octanol–water partition coefficient (Wildman–Crippen LogP) is 3.98. The summed E-state index contributed by atoms with van der Waals surface area (Å²) in [5.74, 6) is -0.0105. The normalized spacial score (nSPS) is 21.0. The maximum Gasteiger partial charge on any atom is 0.416 e. The van der Waals surface area contributed by atoms with E-state index >= 15 is 0 Å². The van der Waals surface area contributed by atoms with E-state index < -0.39 is 26.8 Å². The lowest BCUT2D eigenvalue weighted by Gasteiger charge is -2.37.